The molecule has 4 heterocycles. The quantitative estimate of drug-likeness (QED) is 0.536. The van der Waals surface area contributed by atoms with E-state index in [4.69, 9.17) is 9.47 Å². The Bertz CT molecular complexity index is 1020. The predicted octanol–water partition coefficient (Wildman–Crippen LogP) is 4.35. The molecule has 0 saturated carbocycles. The zero-order valence-corrected chi connectivity index (χ0v) is 21.6. The van der Waals surface area contributed by atoms with Crippen LogP contribution in [0.5, 0.6) is 5.75 Å². The van der Waals surface area contributed by atoms with E-state index in [0.717, 1.165) is 50.1 Å². The molecule has 7 nitrogen and oxygen atoms in total. The van der Waals surface area contributed by atoms with E-state index in [1.807, 2.05) is 43.9 Å². The van der Waals surface area contributed by atoms with Gasteiger partial charge in [0, 0.05) is 44.2 Å². The van der Waals surface area contributed by atoms with Crippen molar-refractivity contribution in [2.24, 2.45) is 0 Å². The third-order valence-corrected chi connectivity index (χ3v) is 6.73. The lowest BCUT2D eigenvalue weighted by atomic mass is 9.95. The number of aromatic nitrogens is 2. The number of piperazine rings is 1. The molecule has 0 radical (unpaired) electrons. The Kier molecular flexibility index (Phi) is 7.60. The van der Waals surface area contributed by atoms with Crippen molar-refractivity contribution < 1.29 is 22.6 Å². The first-order chi connectivity index (χ1) is 16.6. The van der Waals surface area contributed by atoms with Gasteiger partial charge >= 0.3 is 6.18 Å². The van der Waals surface area contributed by atoms with E-state index in [1.165, 1.54) is 0 Å². The van der Waals surface area contributed by atoms with E-state index in [2.05, 4.69) is 25.8 Å². The van der Waals surface area contributed by atoms with E-state index in [9.17, 15) is 13.2 Å². The van der Waals surface area contributed by atoms with Gasteiger partial charge in [-0.1, -0.05) is 32.9 Å². The van der Waals surface area contributed by atoms with Gasteiger partial charge in [0.25, 0.3) is 0 Å². The van der Waals surface area contributed by atoms with Crippen LogP contribution in [0.15, 0.2) is 30.3 Å². The van der Waals surface area contributed by atoms with Gasteiger partial charge in [-0.25, -0.2) is 9.97 Å². The number of halogens is 4. The van der Waals surface area contributed by atoms with Gasteiger partial charge in [-0.2, -0.15) is 13.2 Å². The van der Waals surface area contributed by atoms with Crippen LogP contribution < -0.4 is 14.5 Å². The maximum absolute atomic E-state index is 13.5. The molecule has 36 heavy (non-hydrogen) atoms. The number of hydrogen-bond donors (Lipinski definition) is 0. The van der Waals surface area contributed by atoms with E-state index in [1.54, 1.807) is 0 Å². The average Bonchev–Trinajstić information content (AvgIpc) is 3.61. The lowest BCUT2D eigenvalue weighted by Gasteiger charge is -2.36. The molecule has 2 saturated heterocycles. The Morgan fingerprint density at radius 3 is 2.42 bits per heavy atom. The van der Waals surface area contributed by atoms with Crippen LogP contribution in [0.3, 0.4) is 0 Å². The zero-order valence-electron chi connectivity index (χ0n) is 20.8. The number of nitrogens with zero attached hydrogens (tertiary/aromatic N) is 5. The van der Waals surface area contributed by atoms with Gasteiger partial charge in [0.2, 0.25) is 0 Å². The second-order valence-corrected chi connectivity index (χ2v) is 10.4. The van der Waals surface area contributed by atoms with Gasteiger partial charge in [0.05, 0.1) is 12.2 Å². The van der Waals surface area contributed by atoms with E-state index in [0.29, 0.717) is 25.5 Å². The fourth-order valence-corrected chi connectivity index (χ4v) is 4.66. The first-order valence-corrected chi connectivity index (χ1v) is 12.2. The molecular weight excluding hydrogens is 495 g/mol. The van der Waals surface area contributed by atoms with Crippen molar-refractivity contribution in [3.8, 4) is 5.75 Å². The van der Waals surface area contributed by atoms with Crippen LogP contribution >= 0.6 is 12.4 Å². The number of anilines is 2. The molecule has 2 aromatic rings. The summed E-state index contributed by atoms with van der Waals surface area (Å²) in [5.41, 5.74) is -0.367. The molecule has 0 aliphatic carbocycles. The molecule has 0 N–H and O–H groups in total. The van der Waals surface area contributed by atoms with Crippen LogP contribution in [0.25, 0.3) is 0 Å². The molecule has 198 valence electrons. The Balaban J connectivity index is 0.00000304. The summed E-state index contributed by atoms with van der Waals surface area (Å²) in [6.07, 6.45) is -3.31. The van der Waals surface area contributed by atoms with Crippen molar-refractivity contribution in [3.05, 3.63) is 41.9 Å². The van der Waals surface area contributed by atoms with Crippen LogP contribution in [0.2, 0.25) is 0 Å². The Morgan fingerprint density at radius 1 is 1.00 bits per heavy atom. The molecule has 2 unspecified atom stereocenters. The van der Waals surface area contributed by atoms with Crippen LogP contribution in [0, 0.1) is 0 Å². The molecule has 1 aromatic heterocycles. The molecule has 0 bridgehead atoms. The zero-order chi connectivity index (χ0) is 24.8. The van der Waals surface area contributed by atoms with Crippen LogP contribution in [-0.2, 0) is 16.3 Å². The highest BCUT2D eigenvalue weighted by Crippen LogP contribution is 2.39. The topological polar surface area (TPSA) is 57.3 Å². The fraction of sp³-hybridized carbons (Fsp3) is 0.600. The fourth-order valence-electron chi connectivity index (χ4n) is 4.66. The molecule has 11 heteroatoms. The van der Waals surface area contributed by atoms with Crippen LogP contribution in [0.4, 0.5) is 24.7 Å². The third-order valence-electron chi connectivity index (χ3n) is 6.73. The highest BCUT2D eigenvalue weighted by Gasteiger charge is 2.45. The molecule has 2 fully saturated rings. The van der Waals surface area contributed by atoms with Gasteiger partial charge in [0.1, 0.15) is 35.8 Å². The number of para-hydroxylation sites is 2. The Labute approximate surface area is 216 Å². The van der Waals surface area contributed by atoms with Crippen LogP contribution in [0.1, 0.15) is 38.7 Å². The lowest BCUT2D eigenvalue weighted by molar-refractivity contribution is -0.141. The van der Waals surface area contributed by atoms with Gasteiger partial charge in [-0.05, 0) is 18.6 Å². The Morgan fingerprint density at radius 2 is 1.72 bits per heavy atom. The second kappa shape index (κ2) is 10.2. The van der Waals surface area contributed by atoms with E-state index in [-0.39, 0.29) is 30.6 Å². The van der Waals surface area contributed by atoms with Crippen molar-refractivity contribution >= 4 is 23.9 Å². The summed E-state index contributed by atoms with van der Waals surface area (Å²) in [7, 11) is 0. The summed E-state index contributed by atoms with van der Waals surface area (Å²) >= 11 is 0. The normalized spacial score (nSPS) is 22.5. The first kappa shape index (κ1) is 26.8. The summed E-state index contributed by atoms with van der Waals surface area (Å²) in [5, 5.41) is 0. The van der Waals surface area contributed by atoms with Gasteiger partial charge < -0.3 is 19.3 Å². The molecule has 2 atom stereocenters. The SMILES string of the molecule is CC(C)(C)c1nc(N2CCN(CCC3OC3N3CCOc4ccccc43)CC2)cc(C(F)(F)F)n1.Cl. The summed E-state index contributed by atoms with van der Waals surface area (Å²) in [6.45, 7) is 10.6. The largest absolute Gasteiger partial charge is 0.490 e. The number of fused-ring (bicyclic) bond motifs is 1. The number of benzene rings is 1. The number of alkyl halides is 3. The second-order valence-electron chi connectivity index (χ2n) is 10.4. The maximum atomic E-state index is 13.5. The van der Waals surface area contributed by atoms with Crippen molar-refractivity contribution in [1.82, 2.24) is 14.9 Å². The summed E-state index contributed by atoms with van der Waals surface area (Å²) in [5.74, 6) is 1.47. The van der Waals surface area contributed by atoms with Crippen molar-refractivity contribution in [2.75, 3.05) is 55.7 Å². The van der Waals surface area contributed by atoms with Crippen molar-refractivity contribution in [1.29, 1.82) is 0 Å². The summed E-state index contributed by atoms with van der Waals surface area (Å²) in [4.78, 5) is 14.9. The summed E-state index contributed by atoms with van der Waals surface area (Å²) in [6, 6.07) is 9.11. The molecule has 3 aliphatic heterocycles. The third kappa shape index (κ3) is 5.81. The smallest absolute Gasteiger partial charge is 0.433 e. The monoisotopic (exact) mass is 527 g/mol. The van der Waals surface area contributed by atoms with Crippen molar-refractivity contribution in [2.45, 2.75) is 51.1 Å². The molecule has 5 rings (SSSR count). The lowest BCUT2D eigenvalue weighted by Crippen LogP contribution is -2.47. The average molecular weight is 528 g/mol. The minimum Gasteiger partial charge on any atom is -0.490 e. The number of hydrogen-bond acceptors (Lipinski definition) is 7. The highest BCUT2D eigenvalue weighted by molar-refractivity contribution is 5.85. The highest BCUT2D eigenvalue weighted by atomic mass is 35.5. The molecule has 1 aromatic carbocycles. The predicted molar refractivity (Wildman–Crippen MR) is 134 cm³/mol. The maximum Gasteiger partial charge on any atom is 0.433 e. The van der Waals surface area contributed by atoms with E-state index < -0.39 is 17.3 Å². The first-order valence-electron chi connectivity index (χ1n) is 12.2. The molecular formula is C25H33ClF3N5O2. The Hall–Kier alpha value is -2.30. The standard InChI is InChI=1S/C25H32F3N5O2.ClH/c1-24(2,3)23-29-20(25(26,27)28)16-21(30-23)32-12-10-31(11-13-32)9-8-19-22(35-19)33-14-15-34-18-7-5-4-6-17(18)33;/h4-7,16,19,22H,8-15H2,1-3H3;1H. The van der Waals surface area contributed by atoms with Crippen molar-refractivity contribution in [3.63, 3.8) is 0 Å². The van der Waals surface area contributed by atoms with E-state index >= 15 is 0 Å². The molecule has 3 aliphatic rings. The van der Waals surface area contributed by atoms with Gasteiger partial charge in [-0.15, -0.1) is 12.4 Å². The molecule has 0 spiro atoms. The number of ether oxygens (including phenoxy) is 2. The number of epoxide rings is 1. The summed E-state index contributed by atoms with van der Waals surface area (Å²) < 4.78 is 52.1. The minimum absolute atomic E-state index is 0. The van der Waals surface area contributed by atoms with Crippen LogP contribution in [-0.4, -0.2) is 73.1 Å². The molecule has 0 amide bonds. The van der Waals surface area contributed by atoms with Gasteiger partial charge in [-0.3, -0.25) is 4.90 Å². The minimum atomic E-state index is -4.50. The number of rotatable bonds is 5. The van der Waals surface area contributed by atoms with Gasteiger partial charge in [0.15, 0.2) is 6.23 Å².